The molecule has 0 aromatic rings. The van der Waals surface area contributed by atoms with Crippen molar-refractivity contribution < 1.29 is 4.74 Å². The van der Waals surface area contributed by atoms with Crippen molar-refractivity contribution in [2.45, 2.75) is 19.4 Å². The van der Waals surface area contributed by atoms with Crippen LogP contribution in [0.4, 0.5) is 0 Å². The summed E-state index contributed by atoms with van der Waals surface area (Å²) in [6, 6.07) is -1.68. The zero-order valence-corrected chi connectivity index (χ0v) is 9.14. The van der Waals surface area contributed by atoms with Crippen LogP contribution < -0.4 is 0 Å². The Morgan fingerprint density at radius 2 is 1.90 bits per heavy atom. The van der Waals surface area contributed by atoms with Gasteiger partial charge in [-0.1, -0.05) is 0 Å². The summed E-state index contributed by atoms with van der Waals surface area (Å²) < 4.78 is 5.08. The molecule has 0 saturated carbocycles. The maximum Gasteiger partial charge on any atom is 0.341 e. The first-order valence-corrected chi connectivity index (χ1v) is 8.45. The van der Waals surface area contributed by atoms with Crippen LogP contribution in [0, 0.1) is 0 Å². The lowest BCUT2D eigenvalue weighted by Gasteiger charge is -2.06. The molecule has 0 aliphatic rings. The van der Waals surface area contributed by atoms with Gasteiger partial charge >= 0.3 is 6.00 Å². The molecule has 0 rings (SSSR count). The SMILES string of the molecule is CCOCCC[Si](Cl)(Cl)Cl. The summed E-state index contributed by atoms with van der Waals surface area (Å²) in [6.07, 6.45) is 0.858. The van der Waals surface area contributed by atoms with Gasteiger partial charge in [-0.2, -0.15) is 0 Å². The molecular formula is C5H11Cl3OSi. The van der Waals surface area contributed by atoms with E-state index in [0.29, 0.717) is 12.7 Å². The van der Waals surface area contributed by atoms with E-state index in [2.05, 4.69) is 0 Å². The van der Waals surface area contributed by atoms with Gasteiger partial charge in [-0.25, -0.2) is 0 Å². The summed E-state index contributed by atoms with van der Waals surface area (Å²) >= 11 is 16.9. The van der Waals surface area contributed by atoms with Gasteiger partial charge in [0, 0.05) is 13.2 Å². The molecule has 1 nitrogen and oxygen atoms in total. The molecule has 0 aliphatic carbocycles. The quantitative estimate of drug-likeness (QED) is 0.394. The monoisotopic (exact) mass is 220 g/mol. The third kappa shape index (κ3) is 9.05. The van der Waals surface area contributed by atoms with E-state index in [1.54, 1.807) is 0 Å². The second kappa shape index (κ2) is 5.67. The van der Waals surface area contributed by atoms with Gasteiger partial charge in [-0.3, -0.25) is 0 Å². The van der Waals surface area contributed by atoms with E-state index in [1.165, 1.54) is 0 Å². The third-order valence-corrected chi connectivity index (χ3v) is 3.57. The maximum atomic E-state index is 5.63. The Labute approximate surface area is 76.7 Å². The minimum absolute atomic E-state index is 0.692. The summed E-state index contributed by atoms with van der Waals surface area (Å²) in [4.78, 5) is 0. The molecule has 10 heavy (non-hydrogen) atoms. The smallest absolute Gasteiger partial charge is 0.341 e. The lowest BCUT2D eigenvalue weighted by molar-refractivity contribution is 0.148. The maximum absolute atomic E-state index is 5.63. The normalized spacial score (nSPS) is 12.0. The minimum atomic E-state index is -2.37. The summed E-state index contributed by atoms with van der Waals surface area (Å²) in [5, 5.41) is 0. The summed E-state index contributed by atoms with van der Waals surface area (Å²) in [7, 11) is 0. The first-order chi connectivity index (χ1) is 4.56. The molecular weight excluding hydrogens is 210 g/mol. The van der Waals surface area contributed by atoms with Crippen molar-refractivity contribution >= 4 is 39.2 Å². The lowest BCUT2D eigenvalue weighted by atomic mass is 10.5. The third-order valence-electron chi connectivity index (χ3n) is 0.953. The van der Waals surface area contributed by atoms with Crippen molar-refractivity contribution in [2.75, 3.05) is 13.2 Å². The zero-order chi connectivity index (χ0) is 8.04. The molecule has 0 atom stereocenters. The molecule has 0 bridgehead atoms. The standard InChI is InChI=1S/C5H11Cl3OSi/c1-2-9-4-3-5-10(6,7)8/h2-5H2,1H3. The molecule has 0 amide bonds. The van der Waals surface area contributed by atoms with Crippen LogP contribution >= 0.6 is 33.2 Å². The molecule has 0 unspecified atom stereocenters. The number of rotatable bonds is 5. The van der Waals surface area contributed by atoms with E-state index >= 15 is 0 Å². The molecule has 0 aromatic carbocycles. The summed E-state index contributed by atoms with van der Waals surface area (Å²) in [5.41, 5.74) is 0. The Kier molecular flexibility index (Phi) is 6.26. The van der Waals surface area contributed by atoms with E-state index in [1.807, 2.05) is 6.92 Å². The average molecular weight is 222 g/mol. The zero-order valence-electron chi connectivity index (χ0n) is 5.87. The van der Waals surface area contributed by atoms with Crippen LogP contribution in [0.5, 0.6) is 0 Å². The Bertz CT molecular complexity index is 83.5. The molecule has 0 radical (unpaired) electrons. The van der Waals surface area contributed by atoms with Crippen LogP contribution in [-0.2, 0) is 4.74 Å². The van der Waals surface area contributed by atoms with E-state index in [4.69, 9.17) is 38.0 Å². The van der Waals surface area contributed by atoms with Crippen LogP contribution in [0.2, 0.25) is 6.04 Å². The van der Waals surface area contributed by atoms with Gasteiger partial charge in [0.05, 0.1) is 0 Å². The topological polar surface area (TPSA) is 9.23 Å². The summed E-state index contributed by atoms with van der Waals surface area (Å²) in [5.74, 6) is 0. The fraction of sp³-hybridized carbons (Fsp3) is 1.00. The van der Waals surface area contributed by atoms with Gasteiger partial charge in [0.15, 0.2) is 0 Å². The highest BCUT2D eigenvalue weighted by atomic mass is 35.8. The largest absolute Gasteiger partial charge is 0.382 e. The number of hydrogen-bond acceptors (Lipinski definition) is 1. The van der Waals surface area contributed by atoms with E-state index in [-0.39, 0.29) is 0 Å². The van der Waals surface area contributed by atoms with E-state index < -0.39 is 6.00 Å². The lowest BCUT2D eigenvalue weighted by Crippen LogP contribution is -2.09. The van der Waals surface area contributed by atoms with Crippen molar-refractivity contribution in [1.29, 1.82) is 0 Å². The first kappa shape index (κ1) is 11.0. The van der Waals surface area contributed by atoms with E-state index in [9.17, 15) is 0 Å². The second-order valence-electron chi connectivity index (χ2n) is 1.92. The molecule has 0 saturated heterocycles. The van der Waals surface area contributed by atoms with Gasteiger partial charge in [0.2, 0.25) is 0 Å². The highest BCUT2D eigenvalue weighted by Crippen LogP contribution is 2.26. The van der Waals surface area contributed by atoms with Crippen LogP contribution in [0.15, 0.2) is 0 Å². The van der Waals surface area contributed by atoms with Gasteiger partial charge in [0.1, 0.15) is 0 Å². The molecule has 62 valence electrons. The van der Waals surface area contributed by atoms with Crippen molar-refractivity contribution in [3.8, 4) is 0 Å². The number of hydrogen-bond donors (Lipinski definition) is 0. The highest BCUT2D eigenvalue weighted by molar-refractivity contribution is 7.64. The molecule has 0 spiro atoms. The van der Waals surface area contributed by atoms with Crippen LogP contribution in [0.25, 0.3) is 0 Å². The number of ether oxygens (including phenoxy) is 1. The molecule has 0 aliphatic heterocycles. The molecule has 0 aromatic heterocycles. The molecule has 0 heterocycles. The summed E-state index contributed by atoms with van der Waals surface area (Å²) in [6.45, 7) is 3.39. The molecule has 0 fully saturated rings. The predicted octanol–water partition coefficient (Wildman–Crippen LogP) is 3.07. The highest BCUT2D eigenvalue weighted by Gasteiger charge is 2.23. The second-order valence-corrected chi connectivity index (χ2v) is 11.2. The van der Waals surface area contributed by atoms with Crippen molar-refractivity contribution in [3.63, 3.8) is 0 Å². The first-order valence-electron chi connectivity index (χ1n) is 3.20. The van der Waals surface area contributed by atoms with E-state index in [0.717, 1.165) is 13.0 Å². The Morgan fingerprint density at radius 3 is 2.30 bits per heavy atom. The van der Waals surface area contributed by atoms with Crippen LogP contribution in [0.1, 0.15) is 13.3 Å². The van der Waals surface area contributed by atoms with Crippen molar-refractivity contribution in [2.24, 2.45) is 0 Å². The van der Waals surface area contributed by atoms with Gasteiger partial charge < -0.3 is 4.74 Å². The fourth-order valence-corrected chi connectivity index (χ4v) is 2.27. The van der Waals surface area contributed by atoms with Gasteiger partial charge in [0.25, 0.3) is 0 Å². The van der Waals surface area contributed by atoms with Crippen LogP contribution in [0.3, 0.4) is 0 Å². The molecule has 5 heteroatoms. The predicted molar refractivity (Wildman–Crippen MR) is 49.2 cm³/mol. The van der Waals surface area contributed by atoms with Crippen molar-refractivity contribution in [1.82, 2.24) is 0 Å². The Hall–Kier alpha value is 1.05. The Morgan fingerprint density at radius 1 is 1.30 bits per heavy atom. The average Bonchev–Trinajstić information content (AvgIpc) is 1.78. The number of halogens is 3. The minimum Gasteiger partial charge on any atom is -0.382 e. The van der Waals surface area contributed by atoms with Gasteiger partial charge in [-0.15, -0.1) is 33.2 Å². The Balaban J connectivity index is 3.04. The van der Waals surface area contributed by atoms with Crippen LogP contribution in [-0.4, -0.2) is 19.2 Å². The van der Waals surface area contributed by atoms with Gasteiger partial charge in [-0.05, 0) is 19.4 Å². The fourth-order valence-electron chi connectivity index (χ4n) is 0.519. The molecule has 0 N–H and O–H groups in total. The van der Waals surface area contributed by atoms with Crippen molar-refractivity contribution in [3.05, 3.63) is 0 Å².